The van der Waals surface area contributed by atoms with Gasteiger partial charge < -0.3 is 24.8 Å². The number of ether oxygens (including phenoxy) is 3. The molecule has 2 aliphatic rings. The molecule has 0 radical (unpaired) electrons. The Hall–Kier alpha value is -3.27. The molecule has 2 amide bonds. The Labute approximate surface area is 181 Å². The minimum absolute atomic E-state index is 0.0460. The summed E-state index contributed by atoms with van der Waals surface area (Å²) in [7, 11) is 0. The Morgan fingerprint density at radius 3 is 2.38 bits per heavy atom. The maximum atomic E-state index is 13.7. The summed E-state index contributed by atoms with van der Waals surface area (Å²) in [6.07, 6.45) is -6.09. The Kier molecular flexibility index (Phi) is 5.96. The summed E-state index contributed by atoms with van der Waals surface area (Å²) in [6, 6.07) is 9.87. The molecule has 4 rings (SSSR count). The Morgan fingerprint density at radius 1 is 1.00 bits per heavy atom. The smallest absolute Gasteiger partial charge is 0.418 e. The standard InChI is InChI=1S/C22H21F3N2O5/c1-12-19(32-17-6-3-2-5-16(17)31-12)21(29)27-15-9-8-13(11-14(15)22(23,24)25)26-20(28)18-7-4-10-30-18/h2-3,5-6,8-9,11-12,18-19H,4,7,10H2,1H3,(H,26,28)(H,27,29)/t12-,18+,19+/m0/s1. The first-order chi connectivity index (χ1) is 15.2. The lowest BCUT2D eigenvalue weighted by molar-refractivity contribution is -0.137. The van der Waals surface area contributed by atoms with E-state index < -0.39 is 47.6 Å². The fourth-order valence-corrected chi connectivity index (χ4v) is 3.58. The Bertz CT molecular complexity index is 1020. The monoisotopic (exact) mass is 450 g/mol. The second-order valence-electron chi connectivity index (χ2n) is 7.55. The summed E-state index contributed by atoms with van der Waals surface area (Å²) in [6.45, 7) is 2.03. The highest BCUT2D eigenvalue weighted by molar-refractivity contribution is 5.97. The number of amides is 2. The van der Waals surface area contributed by atoms with E-state index in [0.29, 0.717) is 30.9 Å². The lowest BCUT2D eigenvalue weighted by Crippen LogP contribution is -2.46. The predicted molar refractivity (Wildman–Crippen MR) is 109 cm³/mol. The summed E-state index contributed by atoms with van der Waals surface area (Å²) in [5, 5.41) is 4.72. The van der Waals surface area contributed by atoms with Gasteiger partial charge in [-0.1, -0.05) is 12.1 Å². The minimum Gasteiger partial charge on any atom is -0.482 e. The molecule has 0 aromatic heterocycles. The van der Waals surface area contributed by atoms with Crippen LogP contribution in [-0.2, 0) is 20.5 Å². The fourth-order valence-electron chi connectivity index (χ4n) is 3.58. The molecule has 2 aromatic carbocycles. The zero-order valence-corrected chi connectivity index (χ0v) is 17.1. The number of carbonyl (C=O) groups excluding carboxylic acids is 2. The minimum atomic E-state index is -4.77. The highest BCUT2D eigenvalue weighted by Gasteiger charge is 2.38. The average Bonchev–Trinajstić information content (AvgIpc) is 3.28. The molecule has 170 valence electrons. The normalized spacial score (nSPS) is 22.3. The number of carbonyl (C=O) groups is 2. The van der Waals surface area contributed by atoms with Gasteiger partial charge in [-0.2, -0.15) is 13.2 Å². The van der Waals surface area contributed by atoms with Gasteiger partial charge in [0.2, 0.25) is 6.10 Å². The van der Waals surface area contributed by atoms with Crippen molar-refractivity contribution in [2.75, 3.05) is 17.2 Å². The number of anilines is 2. The van der Waals surface area contributed by atoms with Crippen LogP contribution in [0.1, 0.15) is 25.3 Å². The lowest BCUT2D eigenvalue weighted by atomic mass is 10.1. The van der Waals surface area contributed by atoms with Crippen molar-refractivity contribution in [2.45, 2.75) is 44.3 Å². The molecule has 0 saturated carbocycles. The molecule has 32 heavy (non-hydrogen) atoms. The molecular formula is C22H21F3N2O5. The molecule has 2 N–H and O–H groups in total. The lowest BCUT2D eigenvalue weighted by Gasteiger charge is -2.31. The van der Waals surface area contributed by atoms with Crippen molar-refractivity contribution in [1.29, 1.82) is 0 Å². The molecule has 0 bridgehead atoms. The summed E-state index contributed by atoms with van der Waals surface area (Å²) >= 11 is 0. The van der Waals surface area contributed by atoms with E-state index in [4.69, 9.17) is 14.2 Å². The number of rotatable bonds is 4. The summed E-state index contributed by atoms with van der Waals surface area (Å²) < 4.78 is 57.6. The van der Waals surface area contributed by atoms with E-state index in [0.717, 1.165) is 12.1 Å². The fraction of sp³-hybridized carbons (Fsp3) is 0.364. The molecule has 0 unspecified atom stereocenters. The number of nitrogens with one attached hydrogen (secondary N) is 2. The molecule has 10 heteroatoms. The van der Waals surface area contributed by atoms with E-state index in [1.54, 1.807) is 31.2 Å². The molecule has 1 fully saturated rings. The molecule has 0 aliphatic carbocycles. The van der Waals surface area contributed by atoms with Crippen LogP contribution in [0.3, 0.4) is 0 Å². The van der Waals surface area contributed by atoms with Crippen molar-refractivity contribution in [2.24, 2.45) is 0 Å². The van der Waals surface area contributed by atoms with Gasteiger partial charge in [0.25, 0.3) is 11.8 Å². The third-order valence-corrected chi connectivity index (χ3v) is 5.17. The molecular weight excluding hydrogens is 429 g/mol. The van der Waals surface area contributed by atoms with Crippen LogP contribution in [0.25, 0.3) is 0 Å². The van der Waals surface area contributed by atoms with Gasteiger partial charge >= 0.3 is 6.18 Å². The van der Waals surface area contributed by atoms with Crippen LogP contribution >= 0.6 is 0 Å². The van der Waals surface area contributed by atoms with Gasteiger partial charge in [-0.15, -0.1) is 0 Å². The van der Waals surface area contributed by atoms with Gasteiger partial charge in [0.1, 0.15) is 12.2 Å². The molecule has 7 nitrogen and oxygen atoms in total. The highest BCUT2D eigenvalue weighted by atomic mass is 19.4. The largest absolute Gasteiger partial charge is 0.482 e. The molecule has 3 atom stereocenters. The topological polar surface area (TPSA) is 85.9 Å². The van der Waals surface area contributed by atoms with Gasteiger partial charge in [0.15, 0.2) is 11.5 Å². The number of halogens is 3. The third kappa shape index (κ3) is 4.64. The molecule has 2 aliphatic heterocycles. The van der Waals surface area contributed by atoms with Crippen molar-refractivity contribution in [3.05, 3.63) is 48.0 Å². The quantitative estimate of drug-likeness (QED) is 0.736. The van der Waals surface area contributed by atoms with Crippen molar-refractivity contribution in [1.82, 2.24) is 0 Å². The van der Waals surface area contributed by atoms with Crippen LogP contribution in [0.2, 0.25) is 0 Å². The molecule has 2 heterocycles. The predicted octanol–water partition coefficient (Wildman–Crippen LogP) is 3.99. The number of alkyl halides is 3. The molecule has 0 spiro atoms. The maximum Gasteiger partial charge on any atom is 0.418 e. The van der Waals surface area contributed by atoms with Crippen LogP contribution < -0.4 is 20.1 Å². The maximum absolute atomic E-state index is 13.7. The van der Waals surface area contributed by atoms with Gasteiger partial charge in [0, 0.05) is 12.3 Å². The number of hydrogen-bond acceptors (Lipinski definition) is 5. The first-order valence-corrected chi connectivity index (χ1v) is 10.1. The van der Waals surface area contributed by atoms with E-state index in [-0.39, 0.29) is 5.69 Å². The van der Waals surface area contributed by atoms with Crippen LogP contribution in [0.5, 0.6) is 11.5 Å². The van der Waals surface area contributed by atoms with Gasteiger partial charge in [-0.3, -0.25) is 9.59 Å². The van der Waals surface area contributed by atoms with E-state index >= 15 is 0 Å². The zero-order valence-electron chi connectivity index (χ0n) is 17.1. The SMILES string of the molecule is C[C@@H]1Oc2ccccc2O[C@H]1C(=O)Nc1ccc(NC(=O)[C@H]2CCCO2)cc1C(F)(F)F. The Morgan fingerprint density at radius 2 is 1.72 bits per heavy atom. The average molecular weight is 450 g/mol. The third-order valence-electron chi connectivity index (χ3n) is 5.17. The van der Waals surface area contributed by atoms with Crippen LogP contribution in [0, 0.1) is 0 Å². The summed E-state index contributed by atoms with van der Waals surface area (Å²) in [5.41, 5.74) is -1.59. The van der Waals surface area contributed by atoms with Crippen molar-refractivity contribution >= 4 is 23.2 Å². The highest BCUT2D eigenvalue weighted by Crippen LogP contribution is 2.38. The van der Waals surface area contributed by atoms with Gasteiger partial charge in [-0.05, 0) is 50.1 Å². The van der Waals surface area contributed by atoms with E-state index in [2.05, 4.69) is 10.6 Å². The van der Waals surface area contributed by atoms with E-state index in [1.165, 1.54) is 6.07 Å². The number of fused-ring (bicyclic) bond motifs is 1. The number of benzene rings is 2. The Balaban J connectivity index is 1.52. The second kappa shape index (κ2) is 8.70. The van der Waals surface area contributed by atoms with Crippen molar-refractivity contribution in [3.63, 3.8) is 0 Å². The van der Waals surface area contributed by atoms with Crippen LogP contribution in [0.4, 0.5) is 24.5 Å². The first kappa shape index (κ1) is 21.9. The molecule has 2 aromatic rings. The number of hydrogen-bond donors (Lipinski definition) is 2. The van der Waals surface area contributed by atoms with Gasteiger partial charge in [-0.25, -0.2) is 0 Å². The second-order valence-corrected chi connectivity index (χ2v) is 7.55. The van der Waals surface area contributed by atoms with Crippen molar-refractivity contribution < 1.29 is 37.0 Å². The number of para-hydroxylation sites is 2. The molecule has 1 saturated heterocycles. The van der Waals surface area contributed by atoms with Crippen molar-refractivity contribution in [3.8, 4) is 11.5 Å². The summed E-state index contributed by atoms with van der Waals surface area (Å²) in [5.74, 6) is -0.512. The first-order valence-electron chi connectivity index (χ1n) is 10.1. The van der Waals surface area contributed by atoms with E-state index in [9.17, 15) is 22.8 Å². The summed E-state index contributed by atoms with van der Waals surface area (Å²) in [4.78, 5) is 24.9. The van der Waals surface area contributed by atoms with Gasteiger partial charge in [0.05, 0.1) is 11.3 Å². The van der Waals surface area contributed by atoms with Crippen LogP contribution in [-0.4, -0.2) is 36.7 Å². The zero-order chi connectivity index (χ0) is 22.9. The van der Waals surface area contributed by atoms with Crippen LogP contribution in [0.15, 0.2) is 42.5 Å². The van der Waals surface area contributed by atoms with E-state index in [1.807, 2.05) is 0 Å².